The number of nitrogens with two attached hydrogens (primary N) is 1. The molecule has 16 nitrogen and oxygen atoms in total. The summed E-state index contributed by atoms with van der Waals surface area (Å²) in [6, 6.07) is 21.2. The van der Waals surface area contributed by atoms with Gasteiger partial charge in [-0.2, -0.15) is 18.4 Å². The molecule has 5 aromatic rings. The van der Waals surface area contributed by atoms with E-state index >= 15 is 0 Å². The van der Waals surface area contributed by atoms with Crippen LogP contribution in [0.4, 0.5) is 23.7 Å². The van der Waals surface area contributed by atoms with Crippen LogP contribution in [0.3, 0.4) is 0 Å². The highest BCUT2D eigenvalue weighted by Crippen LogP contribution is 2.33. The summed E-state index contributed by atoms with van der Waals surface area (Å²) < 4.78 is 42.9. The first-order valence-electron chi connectivity index (χ1n) is 18.8. The van der Waals surface area contributed by atoms with Crippen molar-refractivity contribution in [1.82, 2.24) is 35.9 Å². The van der Waals surface area contributed by atoms with Gasteiger partial charge in [-0.25, -0.2) is 14.6 Å². The maximum atomic E-state index is 14.4. The van der Waals surface area contributed by atoms with Gasteiger partial charge in [0.2, 0.25) is 23.5 Å². The monoisotopic (exact) mass is 831 g/mol. The SMILES string of the molecule is CC(C)(C)OC(=O)NCC1CCC(C(=O)N(c2ccc(-c3nn[nH]n3)cc2)[C@@H](Cc2ccc(-c3ccc(Oc4cccnc4)nc3)cc2)C(N)=O)CC1.O=C(O)C(F)(F)F. The number of aromatic nitrogens is 6. The van der Waals surface area contributed by atoms with E-state index in [1.807, 2.05) is 51.1 Å². The number of aliphatic carboxylic acids is 1. The summed E-state index contributed by atoms with van der Waals surface area (Å²) in [6.07, 6.45) is 2.39. The molecule has 316 valence electrons. The Balaban J connectivity index is 0.000000896. The van der Waals surface area contributed by atoms with Crippen molar-refractivity contribution >= 4 is 29.6 Å². The fourth-order valence-corrected chi connectivity index (χ4v) is 6.38. The fourth-order valence-electron chi connectivity index (χ4n) is 6.38. The van der Waals surface area contributed by atoms with Crippen molar-refractivity contribution < 1.29 is 46.9 Å². The van der Waals surface area contributed by atoms with Gasteiger partial charge < -0.3 is 25.6 Å². The number of benzene rings is 2. The molecule has 2 aromatic carbocycles. The van der Waals surface area contributed by atoms with Crippen LogP contribution in [-0.4, -0.2) is 83.9 Å². The number of anilines is 1. The second-order valence-corrected chi connectivity index (χ2v) is 14.9. The van der Waals surface area contributed by atoms with E-state index in [-0.39, 0.29) is 24.2 Å². The summed E-state index contributed by atoms with van der Waals surface area (Å²) in [5, 5.41) is 24.1. The first kappa shape index (κ1) is 44.2. The lowest BCUT2D eigenvalue weighted by Gasteiger charge is -2.36. The molecule has 6 rings (SSSR count). The average molecular weight is 832 g/mol. The van der Waals surface area contributed by atoms with E-state index in [0.717, 1.165) is 29.5 Å². The van der Waals surface area contributed by atoms with Gasteiger partial charge in [-0.05, 0) is 111 Å². The fraction of sp³-hybridized carbons (Fsp3) is 0.341. The van der Waals surface area contributed by atoms with E-state index in [1.165, 1.54) is 0 Å². The minimum atomic E-state index is -5.08. The Morgan fingerprint density at radius 1 is 0.917 bits per heavy atom. The summed E-state index contributed by atoms with van der Waals surface area (Å²) in [5.74, 6) is -2.21. The van der Waals surface area contributed by atoms with Crippen molar-refractivity contribution in [1.29, 1.82) is 0 Å². The van der Waals surface area contributed by atoms with Crippen LogP contribution in [0.1, 0.15) is 52.0 Å². The minimum absolute atomic E-state index is 0.170. The van der Waals surface area contributed by atoms with Crippen LogP contribution in [-0.2, 0) is 25.5 Å². The van der Waals surface area contributed by atoms with Crippen LogP contribution >= 0.6 is 0 Å². The van der Waals surface area contributed by atoms with Gasteiger partial charge in [-0.15, -0.1) is 10.2 Å². The molecule has 1 saturated carbocycles. The number of amides is 3. The number of H-pyrrole nitrogens is 1. The second-order valence-electron chi connectivity index (χ2n) is 14.9. The standard InChI is InChI=1S/C39H43N9O5.C2HF3O2/c1-39(2,3)53-38(51)43-22-26-8-12-29(13-9-26)37(50)48(31-17-14-28(15-18-31)36-44-46-47-45-36)33(35(40)49)21-25-6-10-27(11-7-25)30-16-19-34(42-23-30)52-32-5-4-20-41-24-32;3-2(4,5)1(6)7/h4-7,10-11,14-20,23-24,26,29,33H,8-9,12-13,21-22H2,1-3H3,(H2,40,49)(H,43,51)(H,44,45,46,47);(H,6,7)/t26?,29?,33-;/m0./s1. The van der Waals surface area contributed by atoms with Crippen LogP contribution in [0.25, 0.3) is 22.5 Å². The van der Waals surface area contributed by atoms with E-state index in [4.69, 9.17) is 25.1 Å². The Morgan fingerprint density at radius 2 is 1.57 bits per heavy atom. The number of nitrogens with one attached hydrogen (secondary N) is 2. The normalized spacial score (nSPS) is 15.7. The Bertz CT molecular complexity index is 2180. The molecular formula is C41H44F3N9O7. The van der Waals surface area contributed by atoms with Crippen LogP contribution in [0, 0.1) is 11.8 Å². The lowest BCUT2D eigenvalue weighted by atomic mass is 9.81. The minimum Gasteiger partial charge on any atom is -0.475 e. The molecule has 0 saturated heterocycles. The van der Waals surface area contributed by atoms with Gasteiger partial charge in [0.05, 0.1) is 6.20 Å². The molecule has 0 aliphatic heterocycles. The van der Waals surface area contributed by atoms with E-state index < -0.39 is 35.8 Å². The van der Waals surface area contributed by atoms with Crippen LogP contribution in [0.15, 0.2) is 91.4 Å². The molecule has 60 heavy (non-hydrogen) atoms. The summed E-state index contributed by atoms with van der Waals surface area (Å²) in [5.41, 5.74) is 9.38. The highest BCUT2D eigenvalue weighted by atomic mass is 19.4. The number of carbonyl (C=O) groups excluding carboxylic acids is 3. The first-order valence-corrected chi connectivity index (χ1v) is 18.8. The third-order valence-electron chi connectivity index (χ3n) is 9.31. The molecule has 0 radical (unpaired) electrons. The molecule has 19 heteroatoms. The maximum Gasteiger partial charge on any atom is 0.490 e. The lowest BCUT2D eigenvalue weighted by Crippen LogP contribution is -2.52. The predicted octanol–water partition coefficient (Wildman–Crippen LogP) is 6.51. The van der Waals surface area contributed by atoms with Crippen molar-refractivity contribution in [2.24, 2.45) is 17.6 Å². The molecule has 5 N–H and O–H groups in total. The van der Waals surface area contributed by atoms with E-state index in [0.29, 0.717) is 48.1 Å². The molecule has 3 heterocycles. The summed E-state index contributed by atoms with van der Waals surface area (Å²) in [6.45, 7) is 5.93. The second kappa shape index (κ2) is 19.7. The van der Waals surface area contributed by atoms with Crippen LogP contribution in [0.5, 0.6) is 11.6 Å². The molecule has 1 aliphatic carbocycles. The number of tetrazole rings is 1. The van der Waals surface area contributed by atoms with Crippen molar-refractivity contribution in [3.8, 4) is 34.1 Å². The summed E-state index contributed by atoms with van der Waals surface area (Å²) in [7, 11) is 0. The zero-order chi connectivity index (χ0) is 43.5. The number of hydrogen-bond acceptors (Lipinski definition) is 11. The Hall–Kier alpha value is -6.92. The zero-order valence-electron chi connectivity index (χ0n) is 32.9. The van der Waals surface area contributed by atoms with Crippen LogP contribution < -0.4 is 20.7 Å². The third-order valence-corrected chi connectivity index (χ3v) is 9.31. The van der Waals surface area contributed by atoms with E-state index in [9.17, 15) is 27.6 Å². The number of alkyl halides is 3. The third kappa shape index (κ3) is 12.8. The number of aromatic amines is 1. The average Bonchev–Trinajstić information content (AvgIpc) is 3.76. The van der Waals surface area contributed by atoms with Gasteiger partial charge in [-0.1, -0.05) is 24.3 Å². The predicted molar refractivity (Wildman–Crippen MR) is 211 cm³/mol. The number of rotatable bonds is 12. The first-order chi connectivity index (χ1) is 28.5. The molecule has 0 bridgehead atoms. The van der Waals surface area contributed by atoms with Crippen molar-refractivity contribution in [2.75, 3.05) is 11.4 Å². The number of nitrogens with zero attached hydrogens (tertiary/aromatic N) is 6. The highest BCUT2D eigenvalue weighted by molar-refractivity contribution is 6.01. The molecule has 0 spiro atoms. The summed E-state index contributed by atoms with van der Waals surface area (Å²) in [4.78, 5) is 58.8. The largest absolute Gasteiger partial charge is 0.490 e. The number of pyridine rings is 2. The molecule has 1 aliphatic rings. The summed E-state index contributed by atoms with van der Waals surface area (Å²) >= 11 is 0. The van der Waals surface area contributed by atoms with E-state index in [2.05, 4.69) is 35.9 Å². The van der Waals surface area contributed by atoms with Gasteiger partial charge in [0.1, 0.15) is 17.4 Å². The van der Waals surface area contributed by atoms with E-state index in [1.54, 1.807) is 66.0 Å². The van der Waals surface area contributed by atoms with Gasteiger partial charge in [0.25, 0.3) is 0 Å². The van der Waals surface area contributed by atoms with Gasteiger partial charge in [0, 0.05) is 54.2 Å². The molecule has 1 atom stereocenters. The number of carbonyl (C=O) groups is 4. The number of carboxylic acid groups (broad SMARTS) is 1. The quantitative estimate of drug-likeness (QED) is 0.106. The van der Waals surface area contributed by atoms with Crippen molar-refractivity contribution in [3.05, 3.63) is 97.0 Å². The number of alkyl carbamates (subject to hydrolysis) is 1. The number of primary amides is 1. The topological polar surface area (TPSA) is 228 Å². The van der Waals surface area contributed by atoms with Gasteiger partial charge in [-0.3, -0.25) is 19.5 Å². The zero-order valence-corrected chi connectivity index (χ0v) is 32.9. The Kier molecular flexibility index (Phi) is 14.5. The number of carboxylic acids is 1. The molecule has 3 aromatic heterocycles. The maximum absolute atomic E-state index is 14.4. The molecular weight excluding hydrogens is 788 g/mol. The van der Waals surface area contributed by atoms with Crippen molar-refractivity contribution in [2.45, 2.75) is 70.7 Å². The Labute approximate surface area is 342 Å². The van der Waals surface area contributed by atoms with Crippen LogP contribution in [0.2, 0.25) is 0 Å². The Morgan fingerprint density at radius 3 is 2.10 bits per heavy atom. The molecule has 3 amide bonds. The number of ether oxygens (including phenoxy) is 2. The smallest absolute Gasteiger partial charge is 0.475 e. The van der Waals surface area contributed by atoms with Crippen molar-refractivity contribution in [3.63, 3.8) is 0 Å². The number of halogens is 3. The molecule has 0 unspecified atom stereocenters. The van der Waals surface area contributed by atoms with Gasteiger partial charge in [0.15, 0.2) is 0 Å². The number of hydrogen-bond donors (Lipinski definition) is 4. The lowest BCUT2D eigenvalue weighted by molar-refractivity contribution is -0.192. The highest BCUT2D eigenvalue weighted by Gasteiger charge is 2.38. The van der Waals surface area contributed by atoms with Gasteiger partial charge >= 0.3 is 18.2 Å². The molecule has 1 fully saturated rings.